The van der Waals surface area contributed by atoms with Crippen LogP contribution in [0.3, 0.4) is 0 Å². The third kappa shape index (κ3) is 3.36. The van der Waals surface area contributed by atoms with E-state index in [1.54, 1.807) is 26.0 Å². The molecule has 5 nitrogen and oxygen atoms in total. The van der Waals surface area contributed by atoms with Gasteiger partial charge in [-0.25, -0.2) is 4.79 Å². The lowest BCUT2D eigenvalue weighted by Crippen LogP contribution is -2.24. The van der Waals surface area contributed by atoms with Crippen LogP contribution < -0.4 is 4.74 Å². The molecule has 2 atom stereocenters. The Hall–Kier alpha value is -2.56. The van der Waals surface area contributed by atoms with Gasteiger partial charge < -0.3 is 14.6 Å². The van der Waals surface area contributed by atoms with Crippen LogP contribution in [0.15, 0.2) is 36.4 Å². The quantitative estimate of drug-likeness (QED) is 0.860. The first-order valence-corrected chi connectivity index (χ1v) is 6.93. The lowest BCUT2D eigenvalue weighted by atomic mass is 9.98. The van der Waals surface area contributed by atoms with Gasteiger partial charge in [-0.15, -0.1) is 0 Å². The summed E-state index contributed by atoms with van der Waals surface area (Å²) < 4.78 is 10.1. The van der Waals surface area contributed by atoms with Gasteiger partial charge in [0.25, 0.3) is 0 Å². The molecule has 0 amide bonds. The summed E-state index contributed by atoms with van der Waals surface area (Å²) in [5, 5.41) is 10.9. The van der Waals surface area contributed by atoms with Crippen molar-refractivity contribution in [1.29, 1.82) is 0 Å². The number of carboxylic acid groups (broad SMARTS) is 1. The van der Waals surface area contributed by atoms with E-state index in [0.717, 1.165) is 16.3 Å². The third-order valence-electron chi connectivity index (χ3n) is 3.55. The second-order valence-electron chi connectivity index (χ2n) is 5.11. The number of fused-ring (bicyclic) bond motifs is 1. The van der Waals surface area contributed by atoms with Crippen LogP contribution in [0.1, 0.15) is 25.3 Å². The predicted molar refractivity (Wildman–Crippen MR) is 82.1 cm³/mol. The first-order valence-electron chi connectivity index (χ1n) is 6.93. The molecule has 0 aliphatic rings. The van der Waals surface area contributed by atoms with Gasteiger partial charge in [-0.05, 0) is 42.3 Å². The molecule has 0 heterocycles. The number of methoxy groups -OCH3 is 1. The van der Waals surface area contributed by atoms with Crippen molar-refractivity contribution in [3.8, 4) is 5.75 Å². The first kappa shape index (κ1) is 15.8. The van der Waals surface area contributed by atoms with Crippen LogP contribution in [0.4, 0.5) is 0 Å². The molecule has 2 rings (SSSR count). The second kappa shape index (κ2) is 6.47. The molecule has 0 saturated carbocycles. The largest absolute Gasteiger partial charge is 0.481 e. The molecule has 0 aliphatic carbocycles. The summed E-state index contributed by atoms with van der Waals surface area (Å²) in [5.41, 5.74) is 0.747. The Balaban J connectivity index is 2.27. The SMILES string of the molecule is COC(=O)C(C)Oc1ccc2cc(C(C)C(=O)O)ccc2c1. The van der Waals surface area contributed by atoms with Crippen molar-refractivity contribution < 1.29 is 24.2 Å². The average molecular weight is 302 g/mol. The lowest BCUT2D eigenvalue weighted by molar-refractivity contribution is -0.148. The van der Waals surface area contributed by atoms with Crippen molar-refractivity contribution in [3.05, 3.63) is 42.0 Å². The van der Waals surface area contributed by atoms with Gasteiger partial charge >= 0.3 is 11.9 Å². The lowest BCUT2D eigenvalue weighted by Gasteiger charge is -2.13. The van der Waals surface area contributed by atoms with Crippen molar-refractivity contribution >= 4 is 22.7 Å². The molecule has 0 aromatic heterocycles. The van der Waals surface area contributed by atoms with E-state index in [1.807, 2.05) is 24.3 Å². The Morgan fingerprint density at radius 3 is 2.32 bits per heavy atom. The maximum atomic E-state index is 11.4. The van der Waals surface area contributed by atoms with E-state index in [2.05, 4.69) is 4.74 Å². The molecule has 2 aromatic carbocycles. The Bertz CT molecular complexity index is 707. The Morgan fingerprint density at radius 1 is 1.05 bits per heavy atom. The zero-order valence-electron chi connectivity index (χ0n) is 12.7. The normalized spacial score (nSPS) is 13.4. The van der Waals surface area contributed by atoms with Crippen LogP contribution in [0.2, 0.25) is 0 Å². The number of carbonyl (C=O) groups is 2. The van der Waals surface area contributed by atoms with Gasteiger partial charge in [-0.1, -0.05) is 24.3 Å². The topological polar surface area (TPSA) is 72.8 Å². The van der Waals surface area contributed by atoms with Crippen molar-refractivity contribution in [2.75, 3.05) is 7.11 Å². The number of hydrogen-bond donors (Lipinski definition) is 1. The third-order valence-corrected chi connectivity index (χ3v) is 3.55. The zero-order valence-corrected chi connectivity index (χ0v) is 12.7. The fourth-order valence-electron chi connectivity index (χ4n) is 2.15. The van der Waals surface area contributed by atoms with Crippen molar-refractivity contribution in [3.63, 3.8) is 0 Å². The van der Waals surface area contributed by atoms with E-state index >= 15 is 0 Å². The van der Waals surface area contributed by atoms with Gasteiger partial charge in [0.15, 0.2) is 6.10 Å². The molecule has 0 spiro atoms. The number of carboxylic acids is 1. The maximum absolute atomic E-state index is 11.4. The molecule has 5 heteroatoms. The number of ether oxygens (including phenoxy) is 2. The highest BCUT2D eigenvalue weighted by atomic mass is 16.6. The summed E-state index contributed by atoms with van der Waals surface area (Å²) in [6.07, 6.45) is -0.686. The number of benzene rings is 2. The molecule has 0 saturated heterocycles. The van der Waals surface area contributed by atoms with Gasteiger partial charge in [-0.3, -0.25) is 4.79 Å². The van der Waals surface area contributed by atoms with Crippen molar-refractivity contribution in [2.45, 2.75) is 25.9 Å². The summed E-state index contributed by atoms with van der Waals surface area (Å²) >= 11 is 0. The second-order valence-corrected chi connectivity index (χ2v) is 5.11. The first-order chi connectivity index (χ1) is 10.4. The summed E-state index contributed by atoms with van der Waals surface area (Å²) in [7, 11) is 1.31. The van der Waals surface area contributed by atoms with E-state index in [4.69, 9.17) is 9.84 Å². The number of rotatable bonds is 5. The van der Waals surface area contributed by atoms with Gasteiger partial charge in [-0.2, -0.15) is 0 Å². The highest BCUT2D eigenvalue weighted by molar-refractivity contribution is 5.86. The molecule has 0 aliphatic heterocycles. The van der Waals surface area contributed by atoms with Crippen LogP contribution in [0, 0.1) is 0 Å². The van der Waals surface area contributed by atoms with Crippen LogP contribution in [-0.2, 0) is 14.3 Å². The average Bonchev–Trinajstić information content (AvgIpc) is 2.52. The van der Waals surface area contributed by atoms with Crippen LogP contribution in [-0.4, -0.2) is 30.3 Å². The van der Waals surface area contributed by atoms with Crippen molar-refractivity contribution in [1.82, 2.24) is 0 Å². The standard InChI is InChI=1S/C17H18O5/c1-10(16(18)19)12-4-5-14-9-15(7-6-13(14)8-12)22-11(2)17(20)21-3/h4-11H,1-3H3,(H,18,19). The fourth-order valence-corrected chi connectivity index (χ4v) is 2.15. The summed E-state index contributed by atoms with van der Waals surface area (Å²) in [6, 6.07) is 10.9. The minimum Gasteiger partial charge on any atom is -0.481 e. The smallest absolute Gasteiger partial charge is 0.346 e. The van der Waals surface area contributed by atoms with E-state index < -0.39 is 24.0 Å². The monoisotopic (exact) mass is 302 g/mol. The molecule has 22 heavy (non-hydrogen) atoms. The number of esters is 1. The Kier molecular flexibility index (Phi) is 4.65. The van der Waals surface area contributed by atoms with Gasteiger partial charge in [0.2, 0.25) is 0 Å². The van der Waals surface area contributed by atoms with Crippen LogP contribution in [0.25, 0.3) is 10.8 Å². The summed E-state index contributed by atoms with van der Waals surface area (Å²) in [6.45, 7) is 3.27. The Labute approximate surface area is 128 Å². The maximum Gasteiger partial charge on any atom is 0.346 e. The molecule has 2 aromatic rings. The number of aliphatic carboxylic acids is 1. The van der Waals surface area contributed by atoms with E-state index in [-0.39, 0.29) is 0 Å². The molecule has 0 fully saturated rings. The predicted octanol–water partition coefficient (Wildman–Crippen LogP) is 2.97. The summed E-state index contributed by atoms with van der Waals surface area (Å²) in [5.74, 6) is -1.29. The molecular weight excluding hydrogens is 284 g/mol. The van der Waals surface area contributed by atoms with E-state index in [1.165, 1.54) is 7.11 Å². The molecule has 1 N–H and O–H groups in total. The highest BCUT2D eigenvalue weighted by Crippen LogP contribution is 2.26. The number of hydrogen-bond acceptors (Lipinski definition) is 4. The van der Waals surface area contributed by atoms with Crippen LogP contribution >= 0.6 is 0 Å². The molecule has 0 radical (unpaired) electrons. The zero-order chi connectivity index (χ0) is 16.3. The molecule has 116 valence electrons. The van der Waals surface area contributed by atoms with Gasteiger partial charge in [0, 0.05) is 0 Å². The summed E-state index contributed by atoms with van der Waals surface area (Å²) in [4.78, 5) is 22.4. The van der Waals surface area contributed by atoms with E-state index in [0.29, 0.717) is 5.75 Å². The molecule has 0 bridgehead atoms. The molecular formula is C17H18O5. The van der Waals surface area contributed by atoms with E-state index in [9.17, 15) is 9.59 Å². The van der Waals surface area contributed by atoms with Crippen molar-refractivity contribution in [2.24, 2.45) is 0 Å². The number of carbonyl (C=O) groups excluding carboxylic acids is 1. The molecule has 2 unspecified atom stereocenters. The van der Waals surface area contributed by atoms with Gasteiger partial charge in [0.05, 0.1) is 13.0 Å². The van der Waals surface area contributed by atoms with Crippen LogP contribution in [0.5, 0.6) is 5.75 Å². The highest BCUT2D eigenvalue weighted by Gasteiger charge is 2.16. The Morgan fingerprint density at radius 2 is 1.68 bits per heavy atom. The van der Waals surface area contributed by atoms with Gasteiger partial charge in [0.1, 0.15) is 5.75 Å². The minimum absolute atomic E-state index is 0.439. The minimum atomic E-state index is -0.855. The fraction of sp³-hybridized carbons (Fsp3) is 0.294.